The Labute approximate surface area is 108 Å². The maximum absolute atomic E-state index is 8.97. The predicted molar refractivity (Wildman–Crippen MR) is 64.8 cm³/mol. The van der Waals surface area contributed by atoms with E-state index in [0.29, 0.717) is 23.2 Å². The molecule has 0 spiro atoms. The fourth-order valence-electron chi connectivity index (χ4n) is 1.91. The summed E-state index contributed by atoms with van der Waals surface area (Å²) >= 11 is 1.42. The van der Waals surface area contributed by atoms with Gasteiger partial charge >= 0.3 is 0 Å². The number of thiophene rings is 1. The largest absolute Gasteiger partial charge is 0.373 e. The van der Waals surface area contributed by atoms with Crippen LogP contribution in [0.2, 0.25) is 0 Å². The Morgan fingerprint density at radius 1 is 1.61 bits per heavy atom. The van der Waals surface area contributed by atoms with E-state index in [1.54, 1.807) is 13.2 Å². The van der Waals surface area contributed by atoms with Crippen molar-refractivity contribution in [1.29, 1.82) is 5.26 Å². The van der Waals surface area contributed by atoms with E-state index >= 15 is 0 Å². The summed E-state index contributed by atoms with van der Waals surface area (Å²) in [6.45, 7) is 0. The van der Waals surface area contributed by atoms with Crippen LogP contribution >= 0.6 is 11.3 Å². The summed E-state index contributed by atoms with van der Waals surface area (Å²) in [4.78, 5) is 5.07. The second kappa shape index (κ2) is 4.52. The Balaban J connectivity index is 1.91. The molecule has 1 aliphatic rings. The molecule has 0 amide bonds. The number of hydrogen-bond acceptors (Lipinski definition) is 6. The Kier molecular flexibility index (Phi) is 2.86. The Hall–Kier alpha value is -1.71. The quantitative estimate of drug-likeness (QED) is 0.846. The summed E-state index contributed by atoms with van der Waals surface area (Å²) in [5, 5.41) is 14.8. The van der Waals surface area contributed by atoms with Gasteiger partial charge in [-0.25, -0.2) is 0 Å². The molecule has 0 aromatic carbocycles. The molecule has 1 fully saturated rings. The lowest BCUT2D eigenvalue weighted by molar-refractivity contribution is 0.0751. The fourth-order valence-corrected chi connectivity index (χ4v) is 2.68. The first kappa shape index (κ1) is 11.4. The number of nitriles is 1. The summed E-state index contributed by atoms with van der Waals surface area (Å²) in [6.07, 6.45) is 2.20. The normalized spacial score (nSPS) is 16.4. The second-order valence-electron chi connectivity index (χ2n) is 4.23. The molecule has 0 bridgehead atoms. The van der Waals surface area contributed by atoms with Crippen LogP contribution in [-0.4, -0.2) is 17.3 Å². The van der Waals surface area contributed by atoms with Crippen molar-refractivity contribution in [2.75, 3.05) is 7.11 Å². The van der Waals surface area contributed by atoms with Gasteiger partial charge in [-0.05, 0) is 30.2 Å². The molecule has 5 nitrogen and oxygen atoms in total. The van der Waals surface area contributed by atoms with Gasteiger partial charge in [0.25, 0.3) is 5.89 Å². The van der Waals surface area contributed by atoms with Crippen molar-refractivity contribution in [3.05, 3.63) is 22.8 Å². The lowest BCUT2D eigenvalue weighted by Crippen LogP contribution is -2.05. The highest BCUT2D eigenvalue weighted by Gasteiger charge is 2.35. The number of nitrogens with zero attached hydrogens (tertiary/aromatic N) is 3. The maximum atomic E-state index is 8.97. The molecule has 1 unspecified atom stereocenters. The SMILES string of the molecule is COC(c1noc(-c2sccc2C#N)n1)C1CC1. The molecule has 92 valence electrons. The summed E-state index contributed by atoms with van der Waals surface area (Å²) in [6, 6.07) is 3.86. The summed E-state index contributed by atoms with van der Waals surface area (Å²) in [5.74, 6) is 1.48. The van der Waals surface area contributed by atoms with Crippen LogP contribution in [0.1, 0.15) is 30.3 Å². The molecule has 1 saturated carbocycles. The third-order valence-corrected chi connectivity index (χ3v) is 3.88. The monoisotopic (exact) mass is 261 g/mol. The zero-order valence-electron chi connectivity index (χ0n) is 9.79. The van der Waals surface area contributed by atoms with Crippen LogP contribution in [0.15, 0.2) is 16.0 Å². The highest BCUT2D eigenvalue weighted by atomic mass is 32.1. The van der Waals surface area contributed by atoms with E-state index in [1.807, 2.05) is 5.38 Å². The molecule has 0 saturated heterocycles. The molecule has 2 heterocycles. The molecule has 1 aliphatic carbocycles. The van der Waals surface area contributed by atoms with Gasteiger partial charge in [-0.1, -0.05) is 5.16 Å². The highest BCUT2D eigenvalue weighted by molar-refractivity contribution is 7.13. The molecule has 0 aliphatic heterocycles. The number of aromatic nitrogens is 2. The standard InChI is InChI=1S/C12H11N3O2S/c1-16-9(7-2-3-7)11-14-12(17-15-11)10-8(6-13)4-5-18-10/h4-5,7,9H,2-3H2,1H3. The molecule has 2 aromatic rings. The number of hydrogen-bond donors (Lipinski definition) is 0. The zero-order chi connectivity index (χ0) is 12.5. The van der Waals surface area contributed by atoms with E-state index in [-0.39, 0.29) is 6.10 Å². The zero-order valence-corrected chi connectivity index (χ0v) is 10.6. The average molecular weight is 261 g/mol. The van der Waals surface area contributed by atoms with E-state index in [1.165, 1.54) is 11.3 Å². The first-order chi connectivity index (χ1) is 8.83. The molecule has 3 rings (SSSR count). The van der Waals surface area contributed by atoms with Crippen molar-refractivity contribution in [1.82, 2.24) is 10.1 Å². The highest BCUT2D eigenvalue weighted by Crippen LogP contribution is 2.42. The predicted octanol–water partition coefficient (Wildman–Crippen LogP) is 2.77. The minimum Gasteiger partial charge on any atom is -0.373 e. The van der Waals surface area contributed by atoms with E-state index in [4.69, 9.17) is 14.5 Å². The summed E-state index contributed by atoms with van der Waals surface area (Å²) in [5.41, 5.74) is 0.565. The average Bonchev–Trinajstić information content (AvgIpc) is 2.94. The lowest BCUT2D eigenvalue weighted by Gasteiger charge is -2.07. The molecule has 0 N–H and O–H groups in total. The smallest absolute Gasteiger partial charge is 0.269 e. The van der Waals surface area contributed by atoms with E-state index in [9.17, 15) is 0 Å². The van der Waals surface area contributed by atoms with Crippen LogP contribution in [-0.2, 0) is 4.74 Å². The van der Waals surface area contributed by atoms with Crippen molar-refractivity contribution in [3.8, 4) is 16.8 Å². The van der Waals surface area contributed by atoms with Crippen LogP contribution in [0.4, 0.5) is 0 Å². The van der Waals surface area contributed by atoms with E-state index in [0.717, 1.165) is 17.7 Å². The van der Waals surface area contributed by atoms with Crippen molar-refractivity contribution in [2.24, 2.45) is 5.92 Å². The third-order valence-electron chi connectivity index (χ3n) is 2.98. The van der Waals surface area contributed by atoms with Gasteiger partial charge in [-0.3, -0.25) is 0 Å². The summed E-state index contributed by atoms with van der Waals surface area (Å²) in [7, 11) is 1.66. The molecular formula is C12H11N3O2S. The van der Waals surface area contributed by atoms with Crippen LogP contribution in [0.3, 0.4) is 0 Å². The van der Waals surface area contributed by atoms with Crippen molar-refractivity contribution >= 4 is 11.3 Å². The molecule has 6 heteroatoms. The van der Waals surface area contributed by atoms with E-state index in [2.05, 4.69) is 16.2 Å². The minimum absolute atomic E-state index is 0.0898. The maximum Gasteiger partial charge on any atom is 0.269 e. The third kappa shape index (κ3) is 1.92. The second-order valence-corrected chi connectivity index (χ2v) is 5.14. The van der Waals surface area contributed by atoms with Gasteiger partial charge in [0.1, 0.15) is 17.1 Å². The van der Waals surface area contributed by atoms with Crippen LogP contribution < -0.4 is 0 Å². The van der Waals surface area contributed by atoms with Crippen LogP contribution in [0.25, 0.3) is 10.8 Å². The van der Waals surface area contributed by atoms with Gasteiger partial charge in [0.05, 0.1) is 5.56 Å². The minimum atomic E-state index is -0.0898. The molecule has 2 aromatic heterocycles. The lowest BCUT2D eigenvalue weighted by atomic mass is 10.2. The van der Waals surface area contributed by atoms with Crippen molar-refractivity contribution in [2.45, 2.75) is 18.9 Å². The number of methoxy groups -OCH3 is 1. The first-order valence-electron chi connectivity index (χ1n) is 5.68. The van der Waals surface area contributed by atoms with Gasteiger partial charge in [-0.2, -0.15) is 10.2 Å². The Morgan fingerprint density at radius 2 is 2.44 bits per heavy atom. The van der Waals surface area contributed by atoms with Gasteiger partial charge in [0.2, 0.25) is 5.82 Å². The summed E-state index contributed by atoms with van der Waals surface area (Å²) < 4.78 is 10.6. The van der Waals surface area contributed by atoms with Crippen molar-refractivity contribution in [3.63, 3.8) is 0 Å². The van der Waals surface area contributed by atoms with Gasteiger partial charge in [0, 0.05) is 7.11 Å². The van der Waals surface area contributed by atoms with Crippen LogP contribution in [0.5, 0.6) is 0 Å². The molecule has 0 radical (unpaired) electrons. The Bertz CT molecular complexity index is 594. The van der Waals surface area contributed by atoms with Crippen LogP contribution in [0, 0.1) is 17.2 Å². The van der Waals surface area contributed by atoms with Gasteiger partial charge in [0.15, 0.2) is 0 Å². The van der Waals surface area contributed by atoms with Crippen molar-refractivity contribution < 1.29 is 9.26 Å². The van der Waals surface area contributed by atoms with E-state index < -0.39 is 0 Å². The fraction of sp³-hybridized carbons (Fsp3) is 0.417. The van der Waals surface area contributed by atoms with Gasteiger partial charge in [-0.15, -0.1) is 11.3 Å². The number of rotatable bonds is 4. The first-order valence-corrected chi connectivity index (χ1v) is 6.56. The van der Waals surface area contributed by atoms with Gasteiger partial charge < -0.3 is 9.26 Å². The molecule has 18 heavy (non-hydrogen) atoms. The Morgan fingerprint density at radius 3 is 3.11 bits per heavy atom. The number of ether oxygens (including phenoxy) is 1. The topological polar surface area (TPSA) is 71.9 Å². The molecular weight excluding hydrogens is 250 g/mol. The molecule has 1 atom stereocenters.